The summed E-state index contributed by atoms with van der Waals surface area (Å²) >= 11 is 0. The smallest absolute Gasteiger partial charge is 0.269 e. The number of allylic oxidation sites excluding steroid dienone is 1. The molecule has 1 aliphatic rings. The highest BCUT2D eigenvalue weighted by atomic mass is 16.6. The average molecular weight is 413 g/mol. The maximum atomic E-state index is 12.7. The van der Waals surface area contributed by atoms with Gasteiger partial charge in [-0.3, -0.25) is 19.7 Å². The Morgan fingerprint density at radius 3 is 2.39 bits per heavy atom. The topological polar surface area (TPSA) is 86.5 Å². The summed E-state index contributed by atoms with van der Waals surface area (Å²) in [5, 5.41) is 10.7. The van der Waals surface area contributed by atoms with Gasteiger partial charge in [-0.05, 0) is 54.3 Å². The van der Waals surface area contributed by atoms with Gasteiger partial charge in [0.25, 0.3) is 5.69 Å². The summed E-state index contributed by atoms with van der Waals surface area (Å²) < 4.78 is 5.54. The standard InChI is InChI=1S/C25H19NO5/c27-24(19-9-11-21(12-10-19)26(29)30)16-31-22-13-5-17(6-14-22)15-20-8-7-18-3-1-2-4-23(18)25(20)28/h1-6,9-15H,7-8,16H2/b20-15+. The fourth-order valence-corrected chi connectivity index (χ4v) is 3.52. The van der Waals surface area contributed by atoms with E-state index in [2.05, 4.69) is 0 Å². The third-order valence-electron chi connectivity index (χ3n) is 5.21. The molecular weight excluding hydrogens is 394 g/mol. The number of non-ortho nitro benzene ring substituents is 1. The predicted octanol–water partition coefficient (Wildman–Crippen LogP) is 5.07. The molecule has 154 valence electrons. The summed E-state index contributed by atoms with van der Waals surface area (Å²) in [6.07, 6.45) is 3.45. The summed E-state index contributed by atoms with van der Waals surface area (Å²) in [5.74, 6) is 0.321. The van der Waals surface area contributed by atoms with Crippen molar-refractivity contribution in [3.05, 3.63) is 111 Å². The van der Waals surface area contributed by atoms with Gasteiger partial charge >= 0.3 is 0 Å². The van der Waals surface area contributed by atoms with Crippen molar-refractivity contribution in [2.45, 2.75) is 12.8 Å². The molecule has 0 N–H and O–H groups in total. The molecule has 1 aliphatic carbocycles. The number of carbonyl (C=O) groups is 2. The molecular formula is C25H19NO5. The Bertz CT molecular complexity index is 1180. The SMILES string of the molecule is O=C(COc1ccc(/C=C2\CCc3ccccc3C2=O)cc1)c1ccc([N+](=O)[O-])cc1. The minimum absolute atomic E-state index is 0.0656. The predicted molar refractivity (Wildman–Crippen MR) is 116 cm³/mol. The number of hydrogen-bond donors (Lipinski definition) is 0. The van der Waals surface area contributed by atoms with Crippen molar-refractivity contribution in [2.75, 3.05) is 6.61 Å². The van der Waals surface area contributed by atoms with Crippen molar-refractivity contribution in [2.24, 2.45) is 0 Å². The Balaban J connectivity index is 1.38. The number of hydrogen-bond acceptors (Lipinski definition) is 5. The molecule has 0 saturated carbocycles. The first kappa shape index (κ1) is 20.2. The lowest BCUT2D eigenvalue weighted by molar-refractivity contribution is -0.384. The molecule has 0 fully saturated rings. The van der Waals surface area contributed by atoms with Crippen LogP contribution < -0.4 is 4.74 Å². The Morgan fingerprint density at radius 1 is 0.968 bits per heavy atom. The van der Waals surface area contributed by atoms with E-state index < -0.39 is 4.92 Å². The highest BCUT2D eigenvalue weighted by Gasteiger charge is 2.21. The van der Waals surface area contributed by atoms with Crippen LogP contribution in [0.3, 0.4) is 0 Å². The van der Waals surface area contributed by atoms with Crippen molar-refractivity contribution < 1.29 is 19.2 Å². The molecule has 0 atom stereocenters. The molecule has 0 bridgehead atoms. The average Bonchev–Trinajstić information content (AvgIpc) is 2.80. The largest absolute Gasteiger partial charge is 0.485 e. The van der Waals surface area contributed by atoms with Crippen LogP contribution in [0.1, 0.15) is 38.3 Å². The second-order valence-corrected chi connectivity index (χ2v) is 7.24. The van der Waals surface area contributed by atoms with Crippen molar-refractivity contribution >= 4 is 23.3 Å². The lowest BCUT2D eigenvalue weighted by Crippen LogP contribution is -2.13. The molecule has 0 spiro atoms. The van der Waals surface area contributed by atoms with E-state index in [-0.39, 0.29) is 23.9 Å². The van der Waals surface area contributed by atoms with Crippen molar-refractivity contribution in [1.29, 1.82) is 0 Å². The maximum absolute atomic E-state index is 12.7. The van der Waals surface area contributed by atoms with Crippen molar-refractivity contribution in [3.8, 4) is 5.75 Å². The molecule has 0 aromatic heterocycles. The second-order valence-electron chi connectivity index (χ2n) is 7.24. The van der Waals surface area contributed by atoms with E-state index in [1.54, 1.807) is 12.1 Å². The van der Waals surface area contributed by atoms with Gasteiger partial charge in [0.2, 0.25) is 0 Å². The van der Waals surface area contributed by atoms with Crippen LogP contribution in [0.5, 0.6) is 5.75 Å². The zero-order chi connectivity index (χ0) is 21.8. The van der Waals surface area contributed by atoms with E-state index in [9.17, 15) is 19.7 Å². The number of nitro groups is 1. The molecule has 0 aliphatic heterocycles. The first-order valence-electron chi connectivity index (χ1n) is 9.85. The minimum Gasteiger partial charge on any atom is -0.485 e. The van der Waals surface area contributed by atoms with E-state index in [0.717, 1.165) is 28.7 Å². The van der Waals surface area contributed by atoms with Crippen LogP contribution in [-0.4, -0.2) is 23.1 Å². The number of rotatable bonds is 6. The van der Waals surface area contributed by atoms with Gasteiger partial charge in [-0.15, -0.1) is 0 Å². The van der Waals surface area contributed by atoms with Crippen LogP contribution >= 0.6 is 0 Å². The molecule has 3 aromatic carbocycles. The number of nitro benzene ring substituents is 1. The molecule has 0 saturated heterocycles. The molecule has 6 nitrogen and oxygen atoms in total. The quantitative estimate of drug-likeness (QED) is 0.244. The molecule has 0 radical (unpaired) electrons. The van der Waals surface area contributed by atoms with Crippen LogP contribution in [-0.2, 0) is 6.42 Å². The summed E-state index contributed by atoms with van der Waals surface area (Å²) in [6.45, 7) is -0.173. The van der Waals surface area contributed by atoms with E-state index >= 15 is 0 Å². The lowest BCUT2D eigenvalue weighted by Gasteiger charge is -2.17. The number of aryl methyl sites for hydroxylation is 1. The fourth-order valence-electron chi connectivity index (χ4n) is 3.52. The summed E-state index contributed by atoms with van der Waals surface area (Å²) in [4.78, 5) is 35.1. The maximum Gasteiger partial charge on any atom is 0.269 e. The monoisotopic (exact) mass is 413 g/mol. The highest BCUT2D eigenvalue weighted by molar-refractivity contribution is 6.13. The number of carbonyl (C=O) groups excluding carboxylic acids is 2. The molecule has 4 rings (SSSR count). The Kier molecular flexibility index (Phi) is 5.71. The van der Waals surface area contributed by atoms with Gasteiger partial charge in [0.15, 0.2) is 18.2 Å². The molecule has 6 heteroatoms. The number of benzene rings is 3. The van der Waals surface area contributed by atoms with E-state index in [0.29, 0.717) is 17.7 Å². The third kappa shape index (κ3) is 4.59. The molecule has 0 amide bonds. The number of nitrogens with zero attached hydrogens (tertiary/aromatic N) is 1. The highest BCUT2D eigenvalue weighted by Crippen LogP contribution is 2.27. The van der Waals surface area contributed by atoms with Crippen LogP contribution in [0.25, 0.3) is 6.08 Å². The third-order valence-corrected chi connectivity index (χ3v) is 5.21. The van der Waals surface area contributed by atoms with Crippen LogP contribution in [0.4, 0.5) is 5.69 Å². The summed E-state index contributed by atoms with van der Waals surface area (Å²) in [6, 6.07) is 20.3. The molecule has 0 unspecified atom stereocenters. The number of Topliss-reactive ketones (excluding diaryl/α,β-unsaturated/α-hetero) is 2. The lowest BCUT2D eigenvalue weighted by atomic mass is 9.86. The van der Waals surface area contributed by atoms with E-state index in [1.807, 2.05) is 42.5 Å². The minimum atomic E-state index is -0.513. The Morgan fingerprint density at radius 2 is 1.68 bits per heavy atom. The summed E-state index contributed by atoms with van der Waals surface area (Å²) in [7, 11) is 0. The van der Waals surface area contributed by atoms with Crippen LogP contribution in [0.2, 0.25) is 0 Å². The van der Waals surface area contributed by atoms with Gasteiger partial charge in [-0.1, -0.05) is 36.4 Å². The Labute approximate surface area is 178 Å². The van der Waals surface area contributed by atoms with Gasteiger partial charge in [0, 0.05) is 28.8 Å². The van der Waals surface area contributed by atoms with Crippen molar-refractivity contribution in [3.63, 3.8) is 0 Å². The van der Waals surface area contributed by atoms with Gasteiger partial charge in [0.1, 0.15) is 5.75 Å². The number of ketones is 2. The van der Waals surface area contributed by atoms with Gasteiger partial charge in [-0.25, -0.2) is 0 Å². The Hall–Kier alpha value is -4.06. The van der Waals surface area contributed by atoms with E-state index in [1.165, 1.54) is 24.3 Å². The first-order valence-corrected chi connectivity index (χ1v) is 9.85. The number of ether oxygens (including phenoxy) is 1. The molecule has 0 heterocycles. The molecule has 3 aromatic rings. The van der Waals surface area contributed by atoms with Crippen molar-refractivity contribution in [1.82, 2.24) is 0 Å². The van der Waals surface area contributed by atoms with Crippen LogP contribution in [0.15, 0.2) is 78.4 Å². The number of fused-ring (bicyclic) bond motifs is 1. The molecule has 31 heavy (non-hydrogen) atoms. The van der Waals surface area contributed by atoms with Crippen LogP contribution in [0, 0.1) is 10.1 Å². The van der Waals surface area contributed by atoms with E-state index in [4.69, 9.17) is 4.74 Å². The second kappa shape index (κ2) is 8.75. The first-order chi connectivity index (χ1) is 15.0. The van der Waals surface area contributed by atoms with Gasteiger partial charge in [0.05, 0.1) is 4.92 Å². The zero-order valence-corrected chi connectivity index (χ0v) is 16.6. The van der Waals surface area contributed by atoms with Gasteiger partial charge < -0.3 is 4.74 Å². The van der Waals surface area contributed by atoms with Gasteiger partial charge in [-0.2, -0.15) is 0 Å². The zero-order valence-electron chi connectivity index (χ0n) is 16.6. The normalized spacial score (nSPS) is 14.2. The fraction of sp³-hybridized carbons (Fsp3) is 0.120. The summed E-state index contributed by atoms with van der Waals surface area (Å²) in [5.41, 5.74) is 3.80.